The third kappa shape index (κ3) is 8.15. The second-order valence-corrected chi connectivity index (χ2v) is 8.99. The third-order valence-electron chi connectivity index (χ3n) is 6.61. The van der Waals surface area contributed by atoms with Gasteiger partial charge in [0.05, 0.1) is 13.2 Å². The lowest BCUT2D eigenvalue weighted by molar-refractivity contribution is 0.148. The van der Waals surface area contributed by atoms with Crippen LogP contribution in [0.4, 0.5) is 0 Å². The predicted octanol–water partition coefficient (Wildman–Crippen LogP) is 8.19. The van der Waals surface area contributed by atoms with Crippen molar-refractivity contribution >= 4 is 0 Å². The molecule has 31 heavy (non-hydrogen) atoms. The number of hydrogen-bond acceptors (Lipinski definition) is 1. The molecule has 1 nitrogen and oxygen atoms in total. The van der Waals surface area contributed by atoms with E-state index in [2.05, 4.69) is 67.6 Å². The van der Waals surface area contributed by atoms with E-state index in [-0.39, 0.29) is 0 Å². The second-order valence-electron chi connectivity index (χ2n) is 8.99. The van der Waals surface area contributed by atoms with E-state index >= 15 is 0 Å². The molecule has 0 unspecified atom stereocenters. The van der Waals surface area contributed by atoms with Gasteiger partial charge in [-0.2, -0.15) is 0 Å². The molecule has 1 fully saturated rings. The number of aryl methyl sites for hydroxylation is 2. The normalized spacial score (nSPS) is 19.4. The van der Waals surface area contributed by atoms with Gasteiger partial charge in [0.1, 0.15) is 0 Å². The highest BCUT2D eigenvalue weighted by atomic mass is 16.5. The standard InChI is InChI=1S/C30H40O/c1-3-5-23-31-24-28-13-11-26(12-14-28)9-6-7-10-27-17-21-30(22-18-27)29-19-15-25(8-4-2)16-20-29/h3-5,8,11-14,17-18,21-22,25,29H,6-7,9-10,15-16,19-20,23-24H2,1-2H3/t25-,29-. The molecule has 166 valence electrons. The van der Waals surface area contributed by atoms with Gasteiger partial charge < -0.3 is 4.74 Å². The van der Waals surface area contributed by atoms with Crippen LogP contribution in [0.5, 0.6) is 0 Å². The SMILES string of the molecule is CC=CCOCc1ccc(CCCCc2ccc([C@H]3CC[C@H](C=CC)CC3)cc2)cc1. The quantitative estimate of drug-likeness (QED) is 0.265. The monoisotopic (exact) mass is 416 g/mol. The van der Waals surface area contributed by atoms with Crippen LogP contribution in [0.15, 0.2) is 72.8 Å². The first-order valence-electron chi connectivity index (χ1n) is 12.3. The van der Waals surface area contributed by atoms with Crippen LogP contribution >= 0.6 is 0 Å². The van der Waals surface area contributed by atoms with E-state index in [1.807, 2.05) is 19.1 Å². The largest absolute Gasteiger partial charge is 0.373 e. The molecule has 1 heteroatoms. The molecule has 1 saturated carbocycles. The number of hydrogen-bond donors (Lipinski definition) is 0. The summed E-state index contributed by atoms with van der Waals surface area (Å²) < 4.78 is 5.62. The van der Waals surface area contributed by atoms with E-state index in [0.717, 1.165) is 18.3 Å². The average Bonchev–Trinajstić information content (AvgIpc) is 2.82. The fraction of sp³-hybridized carbons (Fsp3) is 0.467. The molecule has 1 aliphatic carbocycles. The lowest BCUT2D eigenvalue weighted by Gasteiger charge is -2.27. The van der Waals surface area contributed by atoms with E-state index in [9.17, 15) is 0 Å². The first-order valence-corrected chi connectivity index (χ1v) is 12.3. The van der Waals surface area contributed by atoms with E-state index in [1.54, 1.807) is 5.56 Å². The van der Waals surface area contributed by atoms with Gasteiger partial charge in [-0.15, -0.1) is 0 Å². The number of rotatable bonds is 11. The second kappa shape index (κ2) is 13.3. The van der Waals surface area contributed by atoms with Crippen molar-refractivity contribution in [2.45, 2.75) is 77.7 Å². The van der Waals surface area contributed by atoms with Crippen molar-refractivity contribution in [2.24, 2.45) is 5.92 Å². The highest BCUT2D eigenvalue weighted by Gasteiger charge is 2.20. The number of allylic oxidation sites excluding steroid dienone is 3. The predicted molar refractivity (Wildman–Crippen MR) is 134 cm³/mol. The van der Waals surface area contributed by atoms with Crippen LogP contribution in [-0.2, 0) is 24.2 Å². The highest BCUT2D eigenvalue weighted by molar-refractivity contribution is 5.26. The lowest BCUT2D eigenvalue weighted by atomic mass is 9.78. The van der Waals surface area contributed by atoms with E-state index in [0.29, 0.717) is 13.2 Å². The summed E-state index contributed by atoms with van der Waals surface area (Å²) in [7, 11) is 0. The van der Waals surface area contributed by atoms with Crippen LogP contribution in [-0.4, -0.2) is 6.61 Å². The fourth-order valence-electron chi connectivity index (χ4n) is 4.68. The molecule has 0 aliphatic heterocycles. The van der Waals surface area contributed by atoms with Crippen LogP contribution in [0.3, 0.4) is 0 Å². The molecular formula is C30H40O. The van der Waals surface area contributed by atoms with Crippen LogP contribution < -0.4 is 0 Å². The smallest absolute Gasteiger partial charge is 0.0721 e. The molecule has 0 amide bonds. The van der Waals surface area contributed by atoms with Crippen LogP contribution in [0.1, 0.15) is 80.5 Å². The van der Waals surface area contributed by atoms with Crippen molar-refractivity contribution < 1.29 is 4.74 Å². The Morgan fingerprint density at radius 3 is 1.90 bits per heavy atom. The van der Waals surface area contributed by atoms with E-state index in [1.165, 1.54) is 61.6 Å². The van der Waals surface area contributed by atoms with E-state index < -0.39 is 0 Å². The topological polar surface area (TPSA) is 9.23 Å². The Kier molecular flexibility index (Phi) is 10.1. The van der Waals surface area contributed by atoms with Crippen molar-refractivity contribution in [3.8, 4) is 0 Å². The molecule has 2 aromatic carbocycles. The zero-order chi connectivity index (χ0) is 21.7. The van der Waals surface area contributed by atoms with Gasteiger partial charge in [0.15, 0.2) is 0 Å². The zero-order valence-corrected chi connectivity index (χ0v) is 19.6. The Morgan fingerprint density at radius 1 is 0.742 bits per heavy atom. The minimum atomic E-state index is 0.691. The summed E-state index contributed by atoms with van der Waals surface area (Å²) in [6, 6.07) is 18.5. The molecule has 0 spiro atoms. The maximum atomic E-state index is 5.62. The lowest BCUT2D eigenvalue weighted by Crippen LogP contribution is -2.11. The summed E-state index contributed by atoms with van der Waals surface area (Å²) in [4.78, 5) is 0. The molecule has 1 aliphatic rings. The Labute approximate surface area is 190 Å². The van der Waals surface area contributed by atoms with Crippen LogP contribution in [0, 0.1) is 5.92 Å². The minimum Gasteiger partial charge on any atom is -0.373 e. The maximum Gasteiger partial charge on any atom is 0.0721 e. The Balaban J connectivity index is 1.34. The molecular weight excluding hydrogens is 376 g/mol. The number of unbranched alkanes of at least 4 members (excludes halogenated alkanes) is 1. The van der Waals surface area contributed by atoms with Crippen molar-refractivity contribution in [3.63, 3.8) is 0 Å². The third-order valence-corrected chi connectivity index (χ3v) is 6.61. The number of ether oxygens (including phenoxy) is 1. The first-order chi connectivity index (χ1) is 15.3. The van der Waals surface area contributed by atoms with Gasteiger partial charge in [-0.1, -0.05) is 72.8 Å². The summed E-state index contributed by atoms with van der Waals surface area (Å²) in [6.07, 6.45) is 18.9. The highest BCUT2D eigenvalue weighted by Crippen LogP contribution is 2.36. The van der Waals surface area contributed by atoms with Gasteiger partial charge in [-0.05, 0) is 99.3 Å². The molecule has 0 atom stereocenters. The van der Waals surface area contributed by atoms with Crippen molar-refractivity contribution in [1.82, 2.24) is 0 Å². The zero-order valence-electron chi connectivity index (χ0n) is 19.6. The summed E-state index contributed by atoms with van der Waals surface area (Å²) in [5.74, 6) is 1.58. The summed E-state index contributed by atoms with van der Waals surface area (Å²) in [6.45, 7) is 5.55. The summed E-state index contributed by atoms with van der Waals surface area (Å²) in [5, 5.41) is 0. The summed E-state index contributed by atoms with van der Waals surface area (Å²) in [5.41, 5.74) is 5.72. The molecule has 0 aromatic heterocycles. The minimum absolute atomic E-state index is 0.691. The molecule has 0 saturated heterocycles. The van der Waals surface area contributed by atoms with Crippen molar-refractivity contribution in [3.05, 3.63) is 95.1 Å². The molecule has 2 aromatic rings. The Hall–Kier alpha value is -2.12. The molecule has 0 N–H and O–H groups in total. The van der Waals surface area contributed by atoms with Crippen LogP contribution in [0.25, 0.3) is 0 Å². The van der Waals surface area contributed by atoms with Crippen molar-refractivity contribution in [1.29, 1.82) is 0 Å². The van der Waals surface area contributed by atoms with Gasteiger partial charge in [0.2, 0.25) is 0 Å². The van der Waals surface area contributed by atoms with Gasteiger partial charge in [-0.3, -0.25) is 0 Å². The van der Waals surface area contributed by atoms with Gasteiger partial charge in [0, 0.05) is 0 Å². The van der Waals surface area contributed by atoms with Gasteiger partial charge in [0.25, 0.3) is 0 Å². The van der Waals surface area contributed by atoms with Crippen molar-refractivity contribution in [2.75, 3.05) is 6.61 Å². The maximum absolute atomic E-state index is 5.62. The Morgan fingerprint density at radius 2 is 1.32 bits per heavy atom. The fourth-order valence-corrected chi connectivity index (χ4v) is 4.68. The molecule has 0 heterocycles. The molecule has 0 radical (unpaired) electrons. The van der Waals surface area contributed by atoms with Gasteiger partial charge in [-0.25, -0.2) is 0 Å². The Bertz CT molecular complexity index is 789. The first kappa shape index (κ1) is 23.5. The summed E-state index contributed by atoms with van der Waals surface area (Å²) >= 11 is 0. The van der Waals surface area contributed by atoms with Crippen LogP contribution in [0.2, 0.25) is 0 Å². The average molecular weight is 417 g/mol. The molecule has 0 bridgehead atoms. The van der Waals surface area contributed by atoms with Gasteiger partial charge >= 0.3 is 0 Å². The molecule has 3 rings (SSSR count). The van der Waals surface area contributed by atoms with E-state index in [4.69, 9.17) is 4.74 Å². The number of benzene rings is 2.